The molecule has 90 valence electrons. The number of nitrogens with zero attached hydrogens (tertiary/aromatic N) is 1. The van der Waals surface area contributed by atoms with Crippen LogP contribution in [0.2, 0.25) is 0 Å². The summed E-state index contributed by atoms with van der Waals surface area (Å²) >= 11 is 0. The Bertz CT molecular complexity index is 455. The van der Waals surface area contributed by atoms with Crippen LogP contribution in [0.15, 0.2) is 18.3 Å². The number of carboxylic acids is 1. The molecule has 1 fully saturated rings. The number of pyridine rings is 1. The SMILES string of the molecule is CC(NC(=O)c1ccnc(C(=O)O)c1)C1CC1. The van der Waals surface area contributed by atoms with Crippen molar-refractivity contribution in [3.63, 3.8) is 0 Å². The summed E-state index contributed by atoms with van der Waals surface area (Å²) in [6.45, 7) is 1.97. The maximum atomic E-state index is 11.8. The maximum absolute atomic E-state index is 11.8. The Morgan fingerprint density at radius 2 is 2.24 bits per heavy atom. The fourth-order valence-electron chi connectivity index (χ4n) is 1.69. The first-order chi connectivity index (χ1) is 8.08. The molecule has 1 atom stereocenters. The van der Waals surface area contributed by atoms with E-state index >= 15 is 0 Å². The number of carbonyl (C=O) groups is 2. The van der Waals surface area contributed by atoms with E-state index in [1.54, 1.807) is 0 Å². The van der Waals surface area contributed by atoms with E-state index in [1.165, 1.54) is 18.3 Å². The van der Waals surface area contributed by atoms with Crippen LogP contribution in [0.5, 0.6) is 0 Å². The zero-order valence-corrected chi connectivity index (χ0v) is 9.51. The highest BCUT2D eigenvalue weighted by molar-refractivity contribution is 5.96. The molecule has 1 saturated carbocycles. The summed E-state index contributed by atoms with van der Waals surface area (Å²) in [4.78, 5) is 26.2. The summed E-state index contributed by atoms with van der Waals surface area (Å²) in [7, 11) is 0. The fourth-order valence-corrected chi connectivity index (χ4v) is 1.69. The summed E-state index contributed by atoms with van der Waals surface area (Å²) in [5.74, 6) is -0.802. The highest BCUT2D eigenvalue weighted by Gasteiger charge is 2.29. The lowest BCUT2D eigenvalue weighted by atomic mass is 10.1. The van der Waals surface area contributed by atoms with Gasteiger partial charge in [-0.15, -0.1) is 0 Å². The van der Waals surface area contributed by atoms with Crippen LogP contribution in [-0.4, -0.2) is 28.0 Å². The van der Waals surface area contributed by atoms with E-state index in [2.05, 4.69) is 10.3 Å². The summed E-state index contributed by atoms with van der Waals surface area (Å²) in [6.07, 6.45) is 3.64. The van der Waals surface area contributed by atoms with Gasteiger partial charge in [0.15, 0.2) is 0 Å². The molecule has 1 heterocycles. The first-order valence-electron chi connectivity index (χ1n) is 5.58. The van der Waals surface area contributed by atoms with E-state index in [9.17, 15) is 9.59 Å². The molecule has 2 N–H and O–H groups in total. The molecule has 0 bridgehead atoms. The second-order valence-electron chi connectivity index (χ2n) is 4.33. The summed E-state index contributed by atoms with van der Waals surface area (Å²) in [5.41, 5.74) is 0.224. The lowest BCUT2D eigenvalue weighted by molar-refractivity contribution is 0.0690. The second-order valence-corrected chi connectivity index (χ2v) is 4.33. The Balaban J connectivity index is 2.07. The molecule has 1 aliphatic carbocycles. The number of nitrogens with one attached hydrogen (secondary N) is 1. The number of aromatic nitrogens is 1. The Kier molecular flexibility index (Phi) is 3.08. The van der Waals surface area contributed by atoms with Gasteiger partial charge in [-0.05, 0) is 37.8 Å². The molecule has 5 heteroatoms. The van der Waals surface area contributed by atoms with Gasteiger partial charge in [-0.2, -0.15) is 0 Å². The molecule has 1 unspecified atom stereocenters. The number of hydrogen-bond acceptors (Lipinski definition) is 3. The quantitative estimate of drug-likeness (QED) is 0.823. The second kappa shape index (κ2) is 4.53. The lowest BCUT2D eigenvalue weighted by Gasteiger charge is -2.12. The standard InChI is InChI=1S/C12H14N2O3/c1-7(8-2-3-8)14-11(15)9-4-5-13-10(6-9)12(16)17/h4-8H,2-3H2,1H3,(H,14,15)(H,16,17). The molecular weight excluding hydrogens is 220 g/mol. The molecule has 17 heavy (non-hydrogen) atoms. The van der Waals surface area contributed by atoms with Crippen LogP contribution < -0.4 is 5.32 Å². The number of hydrogen-bond donors (Lipinski definition) is 2. The van der Waals surface area contributed by atoms with Crippen molar-refractivity contribution < 1.29 is 14.7 Å². The minimum atomic E-state index is -1.13. The van der Waals surface area contributed by atoms with Crippen LogP contribution in [0, 0.1) is 5.92 Å². The van der Waals surface area contributed by atoms with Gasteiger partial charge < -0.3 is 10.4 Å². The molecule has 0 spiro atoms. The van der Waals surface area contributed by atoms with Gasteiger partial charge in [-0.1, -0.05) is 0 Å². The van der Waals surface area contributed by atoms with Crippen molar-refractivity contribution in [1.29, 1.82) is 0 Å². The Morgan fingerprint density at radius 1 is 1.53 bits per heavy atom. The Labute approximate surface area is 98.9 Å². The summed E-state index contributed by atoms with van der Waals surface area (Å²) in [5, 5.41) is 11.6. The number of amides is 1. The molecule has 1 amide bonds. The van der Waals surface area contributed by atoms with Gasteiger partial charge in [0.1, 0.15) is 5.69 Å². The minimum absolute atomic E-state index is 0.114. The summed E-state index contributed by atoms with van der Waals surface area (Å²) in [6, 6.07) is 2.95. The third-order valence-corrected chi connectivity index (χ3v) is 2.93. The van der Waals surface area contributed by atoms with Gasteiger partial charge >= 0.3 is 5.97 Å². The smallest absolute Gasteiger partial charge is 0.354 e. The van der Waals surface area contributed by atoms with Crippen molar-refractivity contribution >= 4 is 11.9 Å². The maximum Gasteiger partial charge on any atom is 0.354 e. The molecule has 0 aromatic carbocycles. The third kappa shape index (κ3) is 2.81. The highest BCUT2D eigenvalue weighted by atomic mass is 16.4. The first kappa shape index (κ1) is 11.6. The van der Waals surface area contributed by atoms with E-state index in [1.807, 2.05) is 6.92 Å². The number of carbonyl (C=O) groups excluding carboxylic acids is 1. The molecule has 0 radical (unpaired) electrons. The van der Waals surface area contributed by atoms with Gasteiger partial charge in [0, 0.05) is 17.8 Å². The molecule has 0 saturated heterocycles. The average Bonchev–Trinajstić information content (AvgIpc) is 3.12. The highest BCUT2D eigenvalue weighted by Crippen LogP contribution is 2.32. The molecule has 0 aliphatic heterocycles. The van der Waals surface area contributed by atoms with E-state index in [4.69, 9.17) is 5.11 Å². The van der Waals surface area contributed by atoms with Gasteiger partial charge in [0.2, 0.25) is 0 Å². The van der Waals surface area contributed by atoms with Crippen molar-refractivity contribution in [3.05, 3.63) is 29.6 Å². The topological polar surface area (TPSA) is 79.3 Å². The Morgan fingerprint density at radius 3 is 2.82 bits per heavy atom. The molecule has 2 rings (SSSR count). The van der Waals surface area contributed by atoms with Crippen LogP contribution >= 0.6 is 0 Å². The van der Waals surface area contributed by atoms with Crippen LogP contribution in [0.3, 0.4) is 0 Å². The molecule has 1 aromatic heterocycles. The van der Waals surface area contributed by atoms with Gasteiger partial charge in [-0.25, -0.2) is 9.78 Å². The Hall–Kier alpha value is -1.91. The fraction of sp³-hybridized carbons (Fsp3) is 0.417. The van der Waals surface area contributed by atoms with Crippen molar-refractivity contribution in [2.45, 2.75) is 25.8 Å². The van der Waals surface area contributed by atoms with E-state index in [0.29, 0.717) is 11.5 Å². The van der Waals surface area contributed by atoms with Crippen molar-refractivity contribution in [1.82, 2.24) is 10.3 Å². The van der Waals surface area contributed by atoms with Crippen LogP contribution in [0.25, 0.3) is 0 Å². The van der Waals surface area contributed by atoms with Crippen molar-refractivity contribution in [2.75, 3.05) is 0 Å². The molecule has 1 aliphatic rings. The van der Waals surface area contributed by atoms with Crippen LogP contribution in [-0.2, 0) is 0 Å². The summed E-state index contributed by atoms with van der Waals surface area (Å²) < 4.78 is 0. The van der Waals surface area contributed by atoms with Gasteiger partial charge in [0.25, 0.3) is 5.91 Å². The number of aromatic carboxylic acids is 1. The number of carboxylic acid groups (broad SMARTS) is 1. The predicted molar refractivity (Wildman–Crippen MR) is 60.8 cm³/mol. The minimum Gasteiger partial charge on any atom is -0.477 e. The third-order valence-electron chi connectivity index (χ3n) is 2.93. The average molecular weight is 234 g/mol. The van der Waals surface area contributed by atoms with Crippen LogP contribution in [0.1, 0.15) is 40.6 Å². The largest absolute Gasteiger partial charge is 0.477 e. The number of rotatable bonds is 4. The van der Waals surface area contributed by atoms with E-state index in [-0.39, 0.29) is 17.6 Å². The lowest BCUT2D eigenvalue weighted by Crippen LogP contribution is -2.34. The molecular formula is C12H14N2O3. The van der Waals surface area contributed by atoms with Crippen molar-refractivity contribution in [2.24, 2.45) is 5.92 Å². The molecule has 1 aromatic rings. The van der Waals surface area contributed by atoms with Gasteiger partial charge in [0.05, 0.1) is 0 Å². The zero-order valence-electron chi connectivity index (χ0n) is 9.51. The first-order valence-corrected chi connectivity index (χ1v) is 5.58. The normalized spacial score (nSPS) is 16.3. The monoisotopic (exact) mass is 234 g/mol. The van der Waals surface area contributed by atoms with Gasteiger partial charge in [-0.3, -0.25) is 4.79 Å². The zero-order chi connectivity index (χ0) is 12.4. The molecule has 5 nitrogen and oxygen atoms in total. The van der Waals surface area contributed by atoms with E-state index in [0.717, 1.165) is 12.8 Å². The van der Waals surface area contributed by atoms with Crippen LogP contribution in [0.4, 0.5) is 0 Å². The van der Waals surface area contributed by atoms with Crippen molar-refractivity contribution in [3.8, 4) is 0 Å². The van der Waals surface area contributed by atoms with E-state index < -0.39 is 5.97 Å². The predicted octanol–water partition coefficient (Wildman–Crippen LogP) is 1.31.